The molecule has 18 heavy (non-hydrogen) atoms. The van der Waals surface area contributed by atoms with Gasteiger partial charge in [-0.05, 0) is 35.8 Å². The zero-order chi connectivity index (χ0) is 14.1. The van der Waals surface area contributed by atoms with Crippen molar-refractivity contribution in [3.05, 3.63) is 21.9 Å². The molecule has 8 heteroatoms. The molecule has 1 N–H and O–H groups in total. The van der Waals surface area contributed by atoms with Gasteiger partial charge in [0.25, 0.3) is 0 Å². The monoisotopic (exact) mass is 356 g/mol. The molecule has 102 valence electrons. The number of hydrogen-bond donors (Lipinski definition) is 1. The second kappa shape index (κ2) is 5.42. The lowest BCUT2D eigenvalue weighted by atomic mass is 10.1. The van der Waals surface area contributed by atoms with Crippen LogP contribution >= 0.6 is 27.5 Å². The number of aromatic nitrogens is 1. The maximum atomic E-state index is 12.3. The summed E-state index contributed by atoms with van der Waals surface area (Å²) >= 11 is 8.94. The standard InChI is InChI=1S/C10H14BrClN2O3S/c1-10(2,15)6-14(3)18(16,17)8-4-7(11)5-13-9(8)12/h4-5,15H,6H2,1-3H3. The fraction of sp³-hybridized carbons (Fsp3) is 0.500. The van der Waals surface area contributed by atoms with Crippen molar-refractivity contribution in [1.29, 1.82) is 0 Å². The molecule has 0 aliphatic heterocycles. The first-order valence-electron chi connectivity index (χ1n) is 5.04. The molecule has 1 rings (SSSR count). The lowest BCUT2D eigenvalue weighted by Crippen LogP contribution is -2.39. The fourth-order valence-electron chi connectivity index (χ4n) is 1.38. The van der Waals surface area contributed by atoms with Crippen LogP contribution < -0.4 is 0 Å². The lowest BCUT2D eigenvalue weighted by Gasteiger charge is -2.25. The summed E-state index contributed by atoms with van der Waals surface area (Å²) in [4.78, 5) is 3.68. The summed E-state index contributed by atoms with van der Waals surface area (Å²) in [5.74, 6) is 0. The number of halogens is 2. The summed E-state index contributed by atoms with van der Waals surface area (Å²) in [5, 5.41) is 9.56. The van der Waals surface area contributed by atoms with E-state index >= 15 is 0 Å². The normalized spacial score (nSPS) is 13.1. The SMILES string of the molecule is CN(CC(C)(C)O)S(=O)(=O)c1cc(Br)cnc1Cl. The Morgan fingerprint density at radius 1 is 1.56 bits per heavy atom. The molecular formula is C10H14BrClN2O3S. The first kappa shape index (κ1) is 15.8. The van der Waals surface area contributed by atoms with Crippen LogP contribution in [0.1, 0.15) is 13.8 Å². The van der Waals surface area contributed by atoms with E-state index in [9.17, 15) is 13.5 Å². The molecule has 0 atom stereocenters. The summed E-state index contributed by atoms with van der Waals surface area (Å²) in [5.41, 5.74) is -1.13. The zero-order valence-corrected chi connectivity index (χ0v) is 13.3. The van der Waals surface area contributed by atoms with Gasteiger partial charge in [-0.1, -0.05) is 11.6 Å². The van der Waals surface area contributed by atoms with Crippen LogP contribution in [-0.2, 0) is 10.0 Å². The van der Waals surface area contributed by atoms with Crippen molar-refractivity contribution in [3.63, 3.8) is 0 Å². The molecule has 0 aliphatic carbocycles. The van der Waals surface area contributed by atoms with Gasteiger partial charge in [-0.15, -0.1) is 0 Å². The van der Waals surface area contributed by atoms with Gasteiger partial charge in [0.15, 0.2) is 0 Å². The third-order valence-electron chi connectivity index (χ3n) is 2.07. The van der Waals surface area contributed by atoms with E-state index in [1.54, 1.807) is 0 Å². The van der Waals surface area contributed by atoms with Crippen LogP contribution in [0.2, 0.25) is 5.15 Å². The van der Waals surface area contributed by atoms with E-state index in [-0.39, 0.29) is 16.6 Å². The van der Waals surface area contributed by atoms with Gasteiger partial charge in [-0.25, -0.2) is 13.4 Å². The van der Waals surface area contributed by atoms with Crippen LogP contribution in [0.15, 0.2) is 21.6 Å². The predicted molar refractivity (Wildman–Crippen MR) is 73.1 cm³/mol. The number of likely N-dealkylation sites (N-methyl/N-ethyl adjacent to an activating group) is 1. The highest BCUT2D eigenvalue weighted by atomic mass is 79.9. The van der Waals surface area contributed by atoms with Crippen molar-refractivity contribution in [3.8, 4) is 0 Å². The highest BCUT2D eigenvalue weighted by molar-refractivity contribution is 9.10. The van der Waals surface area contributed by atoms with E-state index in [4.69, 9.17) is 11.6 Å². The number of nitrogens with zero attached hydrogens (tertiary/aromatic N) is 2. The Morgan fingerprint density at radius 3 is 2.61 bits per heavy atom. The van der Waals surface area contributed by atoms with Crippen LogP contribution in [0.5, 0.6) is 0 Å². The number of sulfonamides is 1. The van der Waals surface area contributed by atoms with E-state index in [2.05, 4.69) is 20.9 Å². The van der Waals surface area contributed by atoms with Gasteiger partial charge in [0.2, 0.25) is 10.0 Å². The molecule has 0 spiro atoms. The Balaban J connectivity index is 3.17. The van der Waals surface area contributed by atoms with Gasteiger partial charge >= 0.3 is 0 Å². The lowest BCUT2D eigenvalue weighted by molar-refractivity contribution is 0.0640. The number of rotatable bonds is 4. The van der Waals surface area contributed by atoms with Crippen molar-refractivity contribution in [2.24, 2.45) is 0 Å². The first-order chi connectivity index (χ1) is 8.04. The van der Waals surface area contributed by atoms with Gasteiger partial charge in [-0.3, -0.25) is 0 Å². The highest BCUT2D eigenvalue weighted by Crippen LogP contribution is 2.25. The Morgan fingerprint density at radius 2 is 2.11 bits per heavy atom. The molecule has 0 aromatic carbocycles. The number of hydrogen-bond acceptors (Lipinski definition) is 4. The quantitative estimate of drug-likeness (QED) is 0.835. The molecule has 0 fully saturated rings. The maximum Gasteiger partial charge on any atom is 0.246 e. The first-order valence-corrected chi connectivity index (χ1v) is 7.65. The third kappa shape index (κ3) is 3.89. The molecule has 0 amide bonds. The molecule has 0 unspecified atom stereocenters. The molecule has 0 aliphatic rings. The third-order valence-corrected chi connectivity index (χ3v) is 4.74. The number of aliphatic hydroxyl groups is 1. The Labute approximate surface area is 120 Å². The zero-order valence-electron chi connectivity index (χ0n) is 10.2. The summed E-state index contributed by atoms with van der Waals surface area (Å²) in [7, 11) is -2.40. The molecule has 0 saturated carbocycles. The largest absolute Gasteiger partial charge is 0.389 e. The van der Waals surface area contributed by atoms with E-state index in [0.717, 1.165) is 4.31 Å². The molecule has 1 heterocycles. The van der Waals surface area contributed by atoms with Crippen LogP contribution in [0.3, 0.4) is 0 Å². The van der Waals surface area contributed by atoms with Gasteiger partial charge in [-0.2, -0.15) is 4.31 Å². The smallest absolute Gasteiger partial charge is 0.246 e. The summed E-state index contributed by atoms with van der Waals surface area (Å²) in [6.45, 7) is 3.01. The van der Waals surface area contributed by atoms with Crippen molar-refractivity contribution in [2.45, 2.75) is 24.3 Å². The minimum atomic E-state index is -3.78. The predicted octanol–water partition coefficient (Wildman–Crippen LogP) is 1.89. The van der Waals surface area contributed by atoms with Crippen molar-refractivity contribution in [1.82, 2.24) is 9.29 Å². The van der Waals surface area contributed by atoms with Crippen LogP contribution in [0.25, 0.3) is 0 Å². The molecule has 1 aromatic rings. The molecular weight excluding hydrogens is 344 g/mol. The van der Waals surface area contributed by atoms with E-state index in [1.807, 2.05) is 0 Å². The van der Waals surface area contributed by atoms with Gasteiger partial charge in [0, 0.05) is 24.3 Å². The van der Waals surface area contributed by atoms with Crippen LogP contribution in [0.4, 0.5) is 0 Å². The topological polar surface area (TPSA) is 70.5 Å². The molecule has 0 bridgehead atoms. The van der Waals surface area contributed by atoms with E-state index in [1.165, 1.54) is 33.2 Å². The number of pyridine rings is 1. The van der Waals surface area contributed by atoms with Gasteiger partial charge in [0.05, 0.1) is 5.60 Å². The van der Waals surface area contributed by atoms with Crippen molar-refractivity contribution < 1.29 is 13.5 Å². The molecule has 0 saturated heterocycles. The second-order valence-electron chi connectivity index (χ2n) is 4.52. The van der Waals surface area contributed by atoms with E-state index < -0.39 is 15.6 Å². The Bertz CT molecular complexity index is 543. The Kier molecular flexibility index (Phi) is 4.77. The van der Waals surface area contributed by atoms with Crippen molar-refractivity contribution >= 4 is 37.6 Å². The Hall–Kier alpha value is -0.210. The van der Waals surface area contributed by atoms with Gasteiger partial charge < -0.3 is 5.11 Å². The highest BCUT2D eigenvalue weighted by Gasteiger charge is 2.28. The van der Waals surface area contributed by atoms with Crippen LogP contribution in [-0.4, -0.2) is 42.0 Å². The second-order valence-corrected chi connectivity index (χ2v) is 7.80. The van der Waals surface area contributed by atoms with Gasteiger partial charge in [0.1, 0.15) is 10.0 Å². The summed E-state index contributed by atoms with van der Waals surface area (Å²) in [6, 6.07) is 1.38. The minimum absolute atomic E-state index is 0.0435. The molecule has 0 radical (unpaired) electrons. The van der Waals surface area contributed by atoms with Crippen LogP contribution in [0, 0.1) is 0 Å². The fourth-order valence-corrected chi connectivity index (χ4v) is 3.62. The summed E-state index contributed by atoms with van der Waals surface area (Å²) in [6.07, 6.45) is 1.41. The molecule has 1 aromatic heterocycles. The molecule has 5 nitrogen and oxygen atoms in total. The minimum Gasteiger partial charge on any atom is -0.389 e. The average molecular weight is 358 g/mol. The summed E-state index contributed by atoms with van der Waals surface area (Å²) < 4.78 is 26.1. The van der Waals surface area contributed by atoms with E-state index in [0.29, 0.717) is 4.47 Å². The average Bonchev–Trinajstić information content (AvgIpc) is 2.19. The maximum absolute atomic E-state index is 12.3. The van der Waals surface area contributed by atoms with Crippen molar-refractivity contribution in [2.75, 3.05) is 13.6 Å².